The molecule has 0 aliphatic rings. The van der Waals surface area contributed by atoms with Gasteiger partial charge in [0.15, 0.2) is 5.96 Å². The Kier molecular flexibility index (Phi) is 10.9. The number of nitrogens with one attached hydrogen (secondary N) is 3. The number of sulfonamides is 1. The van der Waals surface area contributed by atoms with E-state index in [1.807, 2.05) is 24.3 Å². The molecule has 0 heterocycles. The van der Waals surface area contributed by atoms with Crippen molar-refractivity contribution in [2.24, 2.45) is 4.99 Å². The van der Waals surface area contributed by atoms with Gasteiger partial charge in [-0.1, -0.05) is 12.1 Å². The van der Waals surface area contributed by atoms with Gasteiger partial charge in [-0.05, 0) is 24.6 Å². The molecule has 0 spiro atoms. The Morgan fingerprint density at radius 2 is 2.00 bits per heavy atom. The molecular formula is C14H25IN4O3S. The number of methoxy groups -OCH3 is 1. The maximum atomic E-state index is 11.3. The van der Waals surface area contributed by atoms with E-state index < -0.39 is 10.0 Å². The predicted molar refractivity (Wildman–Crippen MR) is 104 cm³/mol. The Hall–Kier alpha value is -1.07. The lowest BCUT2D eigenvalue weighted by molar-refractivity contribution is 0.414. The van der Waals surface area contributed by atoms with Crippen LogP contribution in [0.1, 0.15) is 12.5 Å². The fourth-order valence-corrected chi connectivity index (χ4v) is 2.30. The molecule has 132 valence electrons. The highest BCUT2D eigenvalue weighted by atomic mass is 127. The van der Waals surface area contributed by atoms with Crippen LogP contribution in [0.15, 0.2) is 29.3 Å². The topological polar surface area (TPSA) is 91.8 Å². The molecule has 1 aromatic rings. The van der Waals surface area contributed by atoms with E-state index in [0.29, 0.717) is 25.6 Å². The number of rotatable bonds is 8. The number of aliphatic imine (C=N–C) groups is 1. The summed E-state index contributed by atoms with van der Waals surface area (Å²) < 4.78 is 30.2. The van der Waals surface area contributed by atoms with Gasteiger partial charge in [0.1, 0.15) is 5.75 Å². The lowest BCUT2D eigenvalue weighted by Gasteiger charge is -2.12. The van der Waals surface area contributed by atoms with Crippen LogP contribution >= 0.6 is 24.0 Å². The van der Waals surface area contributed by atoms with Gasteiger partial charge >= 0.3 is 0 Å². The molecular weight excluding hydrogens is 431 g/mol. The molecule has 0 unspecified atom stereocenters. The van der Waals surface area contributed by atoms with Gasteiger partial charge in [-0.2, -0.15) is 0 Å². The molecule has 0 fully saturated rings. The third-order valence-electron chi connectivity index (χ3n) is 2.94. The molecule has 3 N–H and O–H groups in total. The second-order valence-corrected chi connectivity index (χ2v) is 6.60. The van der Waals surface area contributed by atoms with Crippen LogP contribution in [0.5, 0.6) is 5.75 Å². The van der Waals surface area contributed by atoms with Crippen molar-refractivity contribution in [3.8, 4) is 5.75 Å². The Morgan fingerprint density at radius 1 is 1.26 bits per heavy atom. The fraction of sp³-hybridized carbons (Fsp3) is 0.500. The van der Waals surface area contributed by atoms with E-state index in [1.54, 1.807) is 21.1 Å². The largest absolute Gasteiger partial charge is 0.497 e. The zero-order chi connectivity index (χ0) is 16.4. The minimum absolute atomic E-state index is 0. The molecule has 0 aliphatic heterocycles. The van der Waals surface area contributed by atoms with Crippen molar-refractivity contribution < 1.29 is 13.2 Å². The van der Waals surface area contributed by atoms with Crippen molar-refractivity contribution in [2.75, 3.05) is 33.0 Å². The summed E-state index contributed by atoms with van der Waals surface area (Å²) in [5, 5.41) is 6.20. The maximum Gasteiger partial charge on any atom is 0.211 e. The van der Waals surface area contributed by atoms with E-state index >= 15 is 0 Å². The van der Waals surface area contributed by atoms with Crippen molar-refractivity contribution in [3.63, 3.8) is 0 Å². The Bertz CT molecular complexity index is 593. The van der Waals surface area contributed by atoms with Gasteiger partial charge < -0.3 is 15.4 Å². The number of ether oxygens (including phenoxy) is 1. The summed E-state index contributed by atoms with van der Waals surface area (Å²) in [6.07, 6.45) is 0. The first kappa shape index (κ1) is 21.9. The number of benzene rings is 1. The standard InChI is InChI=1S/C14H24N4O3S.HI/c1-4-22(19,20)18-9-8-16-14(15-2)17-11-12-6-5-7-13(10-12)21-3;/h5-7,10,18H,4,8-9,11H2,1-3H3,(H2,15,16,17);1H. The first-order chi connectivity index (χ1) is 10.5. The minimum atomic E-state index is -3.15. The second-order valence-electron chi connectivity index (χ2n) is 4.50. The predicted octanol–water partition coefficient (Wildman–Crippen LogP) is 0.917. The zero-order valence-corrected chi connectivity index (χ0v) is 16.8. The van der Waals surface area contributed by atoms with Crippen LogP contribution in [0.2, 0.25) is 0 Å². The minimum Gasteiger partial charge on any atom is -0.497 e. The average molecular weight is 456 g/mol. The molecule has 0 atom stereocenters. The first-order valence-corrected chi connectivity index (χ1v) is 8.70. The summed E-state index contributed by atoms with van der Waals surface area (Å²) in [5.41, 5.74) is 1.06. The quantitative estimate of drug-likeness (QED) is 0.234. The first-order valence-electron chi connectivity index (χ1n) is 7.05. The van der Waals surface area contributed by atoms with Crippen LogP contribution < -0.4 is 20.1 Å². The second kappa shape index (κ2) is 11.5. The van der Waals surface area contributed by atoms with Gasteiger partial charge in [-0.3, -0.25) is 4.99 Å². The molecule has 0 saturated carbocycles. The molecule has 0 bridgehead atoms. The number of guanidine groups is 1. The van der Waals surface area contributed by atoms with Gasteiger partial charge in [0.2, 0.25) is 10.0 Å². The van der Waals surface area contributed by atoms with E-state index in [4.69, 9.17) is 4.74 Å². The SMILES string of the molecule is CCS(=O)(=O)NCCNC(=NC)NCc1cccc(OC)c1.I. The van der Waals surface area contributed by atoms with E-state index in [-0.39, 0.29) is 29.7 Å². The fourth-order valence-electron chi connectivity index (χ4n) is 1.68. The van der Waals surface area contributed by atoms with Crippen molar-refractivity contribution in [2.45, 2.75) is 13.5 Å². The van der Waals surface area contributed by atoms with Crippen LogP contribution in [0.25, 0.3) is 0 Å². The van der Waals surface area contributed by atoms with Gasteiger partial charge in [0, 0.05) is 26.7 Å². The van der Waals surface area contributed by atoms with E-state index in [9.17, 15) is 8.42 Å². The number of hydrogen-bond donors (Lipinski definition) is 3. The molecule has 7 nitrogen and oxygen atoms in total. The van der Waals surface area contributed by atoms with Crippen LogP contribution in [-0.2, 0) is 16.6 Å². The number of nitrogens with zero attached hydrogens (tertiary/aromatic N) is 1. The van der Waals surface area contributed by atoms with E-state index in [1.165, 1.54) is 0 Å². The highest BCUT2D eigenvalue weighted by Crippen LogP contribution is 2.11. The van der Waals surface area contributed by atoms with Crippen molar-refractivity contribution in [3.05, 3.63) is 29.8 Å². The molecule has 0 amide bonds. The third-order valence-corrected chi connectivity index (χ3v) is 4.34. The summed E-state index contributed by atoms with van der Waals surface area (Å²) in [6, 6.07) is 7.73. The molecule has 0 saturated heterocycles. The summed E-state index contributed by atoms with van der Waals surface area (Å²) in [7, 11) is 0.142. The molecule has 9 heteroatoms. The number of halogens is 1. The van der Waals surface area contributed by atoms with Crippen molar-refractivity contribution in [1.82, 2.24) is 15.4 Å². The number of hydrogen-bond acceptors (Lipinski definition) is 4. The van der Waals surface area contributed by atoms with E-state index in [0.717, 1.165) is 11.3 Å². The summed E-state index contributed by atoms with van der Waals surface area (Å²) >= 11 is 0. The average Bonchev–Trinajstić information content (AvgIpc) is 2.54. The van der Waals surface area contributed by atoms with Crippen molar-refractivity contribution >= 4 is 40.0 Å². The summed E-state index contributed by atoms with van der Waals surface area (Å²) in [6.45, 7) is 2.97. The van der Waals surface area contributed by atoms with Crippen LogP contribution in [0, 0.1) is 0 Å². The normalized spacial score (nSPS) is 11.5. The van der Waals surface area contributed by atoms with Crippen LogP contribution in [-0.4, -0.2) is 47.4 Å². The van der Waals surface area contributed by atoms with Crippen molar-refractivity contribution in [1.29, 1.82) is 0 Å². The lowest BCUT2D eigenvalue weighted by Crippen LogP contribution is -2.41. The molecule has 1 rings (SSSR count). The van der Waals surface area contributed by atoms with Crippen LogP contribution in [0.3, 0.4) is 0 Å². The molecule has 1 aromatic carbocycles. The molecule has 0 aliphatic carbocycles. The zero-order valence-electron chi connectivity index (χ0n) is 13.6. The lowest BCUT2D eigenvalue weighted by atomic mass is 10.2. The Labute approximate surface area is 155 Å². The highest BCUT2D eigenvalue weighted by molar-refractivity contribution is 14.0. The summed E-state index contributed by atoms with van der Waals surface area (Å²) in [4.78, 5) is 4.09. The van der Waals surface area contributed by atoms with Gasteiger partial charge in [0.05, 0.1) is 12.9 Å². The van der Waals surface area contributed by atoms with E-state index in [2.05, 4.69) is 20.3 Å². The third kappa shape index (κ3) is 8.96. The molecule has 0 aromatic heterocycles. The van der Waals surface area contributed by atoms with Gasteiger partial charge in [-0.25, -0.2) is 13.1 Å². The van der Waals surface area contributed by atoms with Crippen LogP contribution in [0.4, 0.5) is 0 Å². The summed E-state index contributed by atoms with van der Waals surface area (Å²) in [5.74, 6) is 1.49. The smallest absolute Gasteiger partial charge is 0.211 e. The van der Waals surface area contributed by atoms with Gasteiger partial charge in [-0.15, -0.1) is 24.0 Å². The highest BCUT2D eigenvalue weighted by Gasteiger charge is 2.05. The maximum absolute atomic E-state index is 11.3. The molecule has 23 heavy (non-hydrogen) atoms. The Morgan fingerprint density at radius 3 is 2.61 bits per heavy atom. The van der Waals surface area contributed by atoms with Gasteiger partial charge in [0.25, 0.3) is 0 Å². The Balaban J connectivity index is 0.00000484. The molecule has 0 radical (unpaired) electrons. The monoisotopic (exact) mass is 456 g/mol.